The molecule has 0 aliphatic rings. The molecule has 1 aromatic carbocycles. The zero-order chi connectivity index (χ0) is 9.84. The van der Waals surface area contributed by atoms with Crippen molar-refractivity contribution in [3.05, 3.63) is 35.4 Å². The van der Waals surface area contributed by atoms with Gasteiger partial charge in [0.25, 0.3) is 0 Å². The summed E-state index contributed by atoms with van der Waals surface area (Å²) in [5, 5.41) is 0. The number of alkyl halides is 1. The number of rotatable bonds is 3. The van der Waals surface area contributed by atoms with Crippen LogP contribution in [0.3, 0.4) is 0 Å². The van der Waals surface area contributed by atoms with E-state index in [0.29, 0.717) is 0 Å². The number of ketones is 1. The third-order valence-electron chi connectivity index (χ3n) is 1.94. The smallest absolute Gasteiger partial charge is 0.164 e. The number of carbonyl (C=O) groups excluding carboxylic acids is 1. The summed E-state index contributed by atoms with van der Waals surface area (Å²) < 4.78 is 13.0. The van der Waals surface area contributed by atoms with Gasteiger partial charge in [-0.15, -0.1) is 0 Å². The topological polar surface area (TPSA) is 17.1 Å². The Kier molecular flexibility index (Phi) is 3.18. The van der Waals surface area contributed by atoms with Crippen LogP contribution in [0.25, 0.3) is 0 Å². The Morgan fingerprint density at radius 3 is 2.77 bits per heavy atom. The van der Waals surface area contributed by atoms with Gasteiger partial charge < -0.3 is 0 Å². The monoisotopic (exact) mass is 180 g/mol. The summed E-state index contributed by atoms with van der Waals surface area (Å²) >= 11 is 0. The molecule has 0 fully saturated rings. The highest BCUT2D eigenvalue weighted by Gasteiger charge is 2.12. The molecule has 13 heavy (non-hydrogen) atoms. The lowest BCUT2D eigenvalue weighted by atomic mass is 10.0. The van der Waals surface area contributed by atoms with Gasteiger partial charge in [-0.2, -0.15) is 0 Å². The fraction of sp³-hybridized carbons (Fsp3) is 0.364. The maximum absolute atomic E-state index is 13.0. The van der Waals surface area contributed by atoms with Crippen molar-refractivity contribution >= 4 is 5.78 Å². The summed E-state index contributed by atoms with van der Waals surface area (Å²) in [6.07, 6.45) is -1.17. The number of hydrogen-bond donors (Lipinski definition) is 0. The fourth-order valence-corrected chi connectivity index (χ4v) is 1.19. The molecular formula is C11H13FO. The average molecular weight is 180 g/mol. The summed E-state index contributed by atoms with van der Waals surface area (Å²) in [5.41, 5.74) is 1.97. The molecule has 2 heteroatoms. The van der Waals surface area contributed by atoms with Crippen LogP contribution in [0.5, 0.6) is 0 Å². The SMILES string of the molecule is CC(=O)C(F)Cc1cccc(C)c1. The molecule has 1 aromatic rings. The van der Waals surface area contributed by atoms with Crippen LogP contribution in [0, 0.1) is 6.92 Å². The van der Waals surface area contributed by atoms with E-state index in [2.05, 4.69) is 0 Å². The van der Waals surface area contributed by atoms with E-state index in [-0.39, 0.29) is 6.42 Å². The molecule has 0 N–H and O–H groups in total. The predicted octanol–water partition coefficient (Wildman–Crippen LogP) is 2.46. The van der Waals surface area contributed by atoms with E-state index < -0.39 is 12.0 Å². The molecule has 0 radical (unpaired) electrons. The molecule has 0 aromatic heterocycles. The van der Waals surface area contributed by atoms with Crippen LogP contribution in [0.2, 0.25) is 0 Å². The minimum absolute atomic E-state index is 0.191. The molecule has 1 unspecified atom stereocenters. The van der Waals surface area contributed by atoms with Gasteiger partial charge in [0.05, 0.1) is 0 Å². The van der Waals surface area contributed by atoms with Gasteiger partial charge in [0.15, 0.2) is 12.0 Å². The maximum atomic E-state index is 13.0. The zero-order valence-electron chi connectivity index (χ0n) is 7.88. The lowest BCUT2D eigenvalue weighted by Gasteiger charge is -2.04. The Hall–Kier alpha value is -1.18. The third kappa shape index (κ3) is 2.98. The van der Waals surface area contributed by atoms with Crippen LogP contribution in [-0.4, -0.2) is 12.0 Å². The van der Waals surface area contributed by atoms with Gasteiger partial charge in [-0.1, -0.05) is 29.8 Å². The molecule has 0 spiro atoms. The van der Waals surface area contributed by atoms with E-state index in [1.807, 2.05) is 31.2 Å². The van der Waals surface area contributed by atoms with Crippen LogP contribution in [0.1, 0.15) is 18.1 Å². The van der Waals surface area contributed by atoms with Gasteiger partial charge in [-0.25, -0.2) is 4.39 Å². The molecule has 0 heterocycles. The molecule has 1 rings (SSSR count). The van der Waals surface area contributed by atoms with Gasteiger partial charge in [-0.3, -0.25) is 4.79 Å². The number of hydrogen-bond acceptors (Lipinski definition) is 1. The molecule has 0 bridgehead atoms. The minimum atomic E-state index is -1.36. The average Bonchev–Trinajstić information content (AvgIpc) is 2.04. The fourth-order valence-electron chi connectivity index (χ4n) is 1.19. The highest BCUT2D eigenvalue weighted by molar-refractivity contribution is 5.80. The van der Waals surface area contributed by atoms with E-state index in [0.717, 1.165) is 11.1 Å². The van der Waals surface area contributed by atoms with Crippen molar-refractivity contribution in [1.82, 2.24) is 0 Å². The molecular weight excluding hydrogens is 167 g/mol. The van der Waals surface area contributed by atoms with Crippen molar-refractivity contribution in [3.63, 3.8) is 0 Å². The Morgan fingerprint density at radius 1 is 1.54 bits per heavy atom. The largest absolute Gasteiger partial charge is 0.297 e. The predicted molar refractivity (Wildman–Crippen MR) is 50.5 cm³/mol. The third-order valence-corrected chi connectivity index (χ3v) is 1.94. The van der Waals surface area contributed by atoms with Crippen molar-refractivity contribution < 1.29 is 9.18 Å². The highest BCUT2D eigenvalue weighted by Crippen LogP contribution is 2.09. The summed E-state index contributed by atoms with van der Waals surface area (Å²) in [4.78, 5) is 10.7. The number of aryl methyl sites for hydroxylation is 1. The quantitative estimate of drug-likeness (QED) is 0.698. The second-order valence-electron chi connectivity index (χ2n) is 3.27. The summed E-state index contributed by atoms with van der Waals surface area (Å²) in [7, 11) is 0. The van der Waals surface area contributed by atoms with E-state index in [1.165, 1.54) is 6.92 Å². The Morgan fingerprint density at radius 2 is 2.23 bits per heavy atom. The first-order valence-electron chi connectivity index (χ1n) is 4.29. The van der Waals surface area contributed by atoms with E-state index in [1.54, 1.807) is 0 Å². The highest BCUT2D eigenvalue weighted by atomic mass is 19.1. The van der Waals surface area contributed by atoms with Gasteiger partial charge in [0.1, 0.15) is 0 Å². The Balaban J connectivity index is 2.69. The minimum Gasteiger partial charge on any atom is -0.297 e. The molecule has 0 aliphatic carbocycles. The number of halogens is 1. The molecule has 1 atom stereocenters. The second kappa shape index (κ2) is 4.17. The van der Waals surface area contributed by atoms with E-state index in [4.69, 9.17) is 0 Å². The Bertz CT molecular complexity index is 307. The molecule has 1 nitrogen and oxygen atoms in total. The van der Waals surface area contributed by atoms with Gasteiger partial charge >= 0.3 is 0 Å². The maximum Gasteiger partial charge on any atom is 0.164 e. The van der Waals surface area contributed by atoms with Crippen LogP contribution in [0.4, 0.5) is 4.39 Å². The number of carbonyl (C=O) groups is 1. The molecule has 0 saturated carbocycles. The molecule has 0 aliphatic heterocycles. The second-order valence-corrected chi connectivity index (χ2v) is 3.27. The first-order chi connectivity index (χ1) is 6.09. The first-order valence-corrected chi connectivity index (χ1v) is 4.29. The summed E-state index contributed by atoms with van der Waals surface area (Å²) in [5.74, 6) is -0.401. The van der Waals surface area contributed by atoms with Crippen LogP contribution >= 0.6 is 0 Å². The molecule has 70 valence electrons. The van der Waals surface area contributed by atoms with Crippen molar-refractivity contribution in [1.29, 1.82) is 0 Å². The summed E-state index contributed by atoms with van der Waals surface area (Å²) in [6.45, 7) is 3.23. The van der Waals surface area contributed by atoms with Crippen LogP contribution in [0.15, 0.2) is 24.3 Å². The van der Waals surface area contributed by atoms with Gasteiger partial charge in [-0.05, 0) is 19.4 Å². The Labute approximate surface area is 77.6 Å². The number of benzene rings is 1. The van der Waals surface area contributed by atoms with E-state index in [9.17, 15) is 9.18 Å². The molecule has 0 saturated heterocycles. The zero-order valence-corrected chi connectivity index (χ0v) is 7.88. The first kappa shape index (κ1) is 9.90. The van der Waals surface area contributed by atoms with Crippen LogP contribution < -0.4 is 0 Å². The lowest BCUT2D eigenvalue weighted by Crippen LogP contribution is -2.14. The van der Waals surface area contributed by atoms with Crippen LogP contribution in [-0.2, 0) is 11.2 Å². The standard InChI is InChI=1S/C11H13FO/c1-8-4-3-5-10(6-8)7-11(12)9(2)13/h3-6,11H,7H2,1-2H3. The van der Waals surface area contributed by atoms with Crippen molar-refractivity contribution in [2.24, 2.45) is 0 Å². The van der Waals surface area contributed by atoms with Crippen molar-refractivity contribution in [3.8, 4) is 0 Å². The summed E-state index contributed by atoms with van der Waals surface area (Å²) in [6, 6.07) is 7.56. The van der Waals surface area contributed by atoms with Crippen molar-refractivity contribution in [2.75, 3.05) is 0 Å². The van der Waals surface area contributed by atoms with Gasteiger partial charge in [0.2, 0.25) is 0 Å². The molecule has 0 amide bonds. The normalized spacial score (nSPS) is 12.5. The van der Waals surface area contributed by atoms with Crippen molar-refractivity contribution in [2.45, 2.75) is 26.4 Å². The lowest BCUT2D eigenvalue weighted by molar-refractivity contribution is -0.121. The van der Waals surface area contributed by atoms with Gasteiger partial charge in [0, 0.05) is 6.42 Å². The van der Waals surface area contributed by atoms with E-state index >= 15 is 0 Å². The number of Topliss-reactive ketones (excluding diaryl/α,β-unsaturated/α-hetero) is 1.